The van der Waals surface area contributed by atoms with E-state index in [0.29, 0.717) is 54.5 Å². The van der Waals surface area contributed by atoms with E-state index in [4.69, 9.17) is 9.26 Å². The van der Waals surface area contributed by atoms with Crippen molar-refractivity contribution < 1.29 is 22.5 Å². The van der Waals surface area contributed by atoms with Crippen LogP contribution < -0.4 is 10.1 Å². The minimum atomic E-state index is -3.81. The highest BCUT2D eigenvalue weighted by Crippen LogP contribution is 2.29. The summed E-state index contributed by atoms with van der Waals surface area (Å²) >= 11 is 0. The molecular formula is C24H28N4O5S. The van der Waals surface area contributed by atoms with Gasteiger partial charge in [-0.25, -0.2) is 8.42 Å². The second-order valence-corrected chi connectivity index (χ2v) is 10.3. The lowest BCUT2D eigenvalue weighted by atomic mass is 9.98. The van der Waals surface area contributed by atoms with Crippen LogP contribution in [-0.4, -0.2) is 49.0 Å². The molecule has 0 radical (unpaired) electrons. The Balaban J connectivity index is 1.49. The van der Waals surface area contributed by atoms with Crippen LogP contribution in [0.5, 0.6) is 5.75 Å². The van der Waals surface area contributed by atoms with E-state index in [-0.39, 0.29) is 17.3 Å². The Labute approximate surface area is 199 Å². The van der Waals surface area contributed by atoms with E-state index in [1.54, 1.807) is 39.2 Å². The summed E-state index contributed by atoms with van der Waals surface area (Å²) in [5, 5.41) is 6.82. The first-order valence-electron chi connectivity index (χ1n) is 11.1. The summed E-state index contributed by atoms with van der Waals surface area (Å²) < 4.78 is 38.8. The normalized spacial score (nSPS) is 16.9. The van der Waals surface area contributed by atoms with E-state index in [1.807, 2.05) is 24.3 Å². The van der Waals surface area contributed by atoms with Crippen molar-refractivity contribution in [2.24, 2.45) is 5.92 Å². The molecule has 2 heterocycles. The summed E-state index contributed by atoms with van der Waals surface area (Å²) in [5.74, 6) is 0.835. The molecule has 0 aliphatic carbocycles. The van der Waals surface area contributed by atoms with Crippen molar-refractivity contribution in [2.45, 2.75) is 38.1 Å². The molecule has 4 rings (SSSR count). The highest BCUT2D eigenvalue weighted by atomic mass is 32.2. The molecule has 1 aromatic heterocycles. The molecule has 1 aliphatic rings. The Morgan fingerprint density at radius 1 is 1.24 bits per heavy atom. The topological polar surface area (TPSA) is 115 Å². The molecule has 1 amide bonds. The van der Waals surface area contributed by atoms with Gasteiger partial charge in [-0.1, -0.05) is 35.5 Å². The SMILES string of the molecule is COc1ccccc1CNC(=O)C1CCCN(S(=O)(=O)c2cc(-c3noc(C)n3)ccc2C)C1. The predicted molar refractivity (Wildman–Crippen MR) is 126 cm³/mol. The highest BCUT2D eigenvalue weighted by molar-refractivity contribution is 7.89. The number of aromatic nitrogens is 2. The number of para-hydroxylation sites is 1. The summed E-state index contributed by atoms with van der Waals surface area (Å²) in [6, 6.07) is 12.5. The molecule has 180 valence electrons. The molecule has 10 heteroatoms. The fraction of sp³-hybridized carbons (Fsp3) is 0.375. The van der Waals surface area contributed by atoms with E-state index < -0.39 is 15.9 Å². The Kier molecular flexibility index (Phi) is 6.99. The Hall–Kier alpha value is -3.24. The number of methoxy groups -OCH3 is 1. The van der Waals surface area contributed by atoms with E-state index in [0.717, 1.165) is 5.56 Å². The van der Waals surface area contributed by atoms with Gasteiger partial charge in [0, 0.05) is 37.7 Å². The lowest BCUT2D eigenvalue weighted by Crippen LogP contribution is -2.45. The summed E-state index contributed by atoms with van der Waals surface area (Å²) in [6.45, 7) is 4.24. The summed E-state index contributed by atoms with van der Waals surface area (Å²) in [4.78, 5) is 17.3. The first kappa shape index (κ1) is 23.9. The van der Waals surface area contributed by atoms with Gasteiger partial charge < -0.3 is 14.6 Å². The molecular weight excluding hydrogens is 456 g/mol. The van der Waals surface area contributed by atoms with E-state index in [9.17, 15) is 13.2 Å². The van der Waals surface area contributed by atoms with Crippen molar-refractivity contribution >= 4 is 15.9 Å². The molecule has 1 N–H and O–H groups in total. The van der Waals surface area contributed by atoms with Crippen LogP contribution in [0.25, 0.3) is 11.4 Å². The Morgan fingerprint density at radius 2 is 2.03 bits per heavy atom. The molecule has 34 heavy (non-hydrogen) atoms. The molecule has 0 bridgehead atoms. The fourth-order valence-electron chi connectivity index (χ4n) is 4.12. The quantitative estimate of drug-likeness (QED) is 0.548. The number of hydrogen-bond donors (Lipinski definition) is 1. The van der Waals surface area contributed by atoms with Crippen LogP contribution in [-0.2, 0) is 21.4 Å². The maximum atomic E-state index is 13.5. The average molecular weight is 485 g/mol. The number of amides is 1. The van der Waals surface area contributed by atoms with Gasteiger partial charge >= 0.3 is 0 Å². The summed E-state index contributed by atoms with van der Waals surface area (Å²) in [7, 11) is -2.23. The van der Waals surface area contributed by atoms with Crippen LogP contribution in [0.3, 0.4) is 0 Å². The number of hydrogen-bond acceptors (Lipinski definition) is 7. The Morgan fingerprint density at radius 3 is 2.76 bits per heavy atom. The molecule has 1 atom stereocenters. The number of nitrogens with zero attached hydrogens (tertiary/aromatic N) is 3. The van der Waals surface area contributed by atoms with Gasteiger partial charge in [0.2, 0.25) is 27.6 Å². The van der Waals surface area contributed by atoms with Gasteiger partial charge in [0.15, 0.2) is 0 Å². The third-order valence-corrected chi connectivity index (χ3v) is 8.00. The van der Waals surface area contributed by atoms with E-state index in [2.05, 4.69) is 15.5 Å². The number of carbonyl (C=O) groups is 1. The zero-order chi connectivity index (χ0) is 24.3. The number of benzene rings is 2. The lowest BCUT2D eigenvalue weighted by Gasteiger charge is -2.31. The van der Waals surface area contributed by atoms with Crippen LogP contribution in [0.4, 0.5) is 0 Å². The number of aryl methyl sites for hydroxylation is 2. The minimum absolute atomic E-state index is 0.130. The van der Waals surface area contributed by atoms with Gasteiger partial charge in [-0.15, -0.1) is 0 Å². The maximum Gasteiger partial charge on any atom is 0.243 e. The third-order valence-electron chi connectivity index (χ3n) is 5.99. The van der Waals surface area contributed by atoms with Gasteiger partial charge in [0.05, 0.1) is 17.9 Å². The standard InChI is InChI=1S/C24H28N4O5S/c1-16-10-11-18(23-26-17(2)33-27-23)13-22(16)34(30,31)28-12-6-8-20(15-28)24(29)25-14-19-7-4-5-9-21(19)32-3/h4-5,7,9-11,13,20H,6,8,12,14-15H2,1-3H3,(H,25,29). The lowest BCUT2D eigenvalue weighted by molar-refractivity contribution is -0.126. The fourth-order valence-corrected chi connectivity index (χ4v) is 5.90. The van der Waals surface area contributed by atoms with Crippen molar-refractivity contribution in [3.63, 3.8) is 0 Å². The van der Waals surface area contributed by atoms with Gasteiger partial charge in [-0.3, -0.25) is 4.79 Å². The molecule has 9 nitrogen and oxygen atoms in total. The van der Waals surface area contributed by atoms with Crippen molar-refractivity contribution in [2.75, 3.05) is 20.2 Å². The Bertz CT molecular complexity index is 1290. The number of nitrogens with one attached hydrogen (secondary N) is 1. The first-order chi connectivity index (χ1) is 16.3. The number of sulfonamides is 1. The molecule has 1 unspecified atom stereocenters. The zero-order valence-electron chi connectivity index (χ0n) is 19.4. The first-order valence-corrected chi connectivity index (χ1v) is 12.5. The van der Waals surface area contributed by atoms with Crippen molar-refractivity contribution in [1.29, 1.82) is 0 Å². The van der Waals surface area contributed by atoms with Crippen molar-refractivity contribution in [3.05, 3.63) is 59.5 Å². The number of ether oxygens (including phenoxy) is 1. The second kappa shape index (κ2) is 9.94. The van der Waals surface area contributed by atoms with Gasteiger partial charge in [-0.2, -0.15) is 9.29 Å². The summed E-state index contributed by atoms with van der Waals surface area (Å²) in [5.41, 5.74) is 2.04. The number of piperidine rings is 1. The van der Waals surface area contributed by atoms with E-state index in [1.165, 1.54) is 4.31 Å². The largest absolute Gasteiger partial charge is 0.496 e. The zero-order valence-corrected chi connectivity index (χ0v) is 20.3. The molecule has 3 aromatic rings. The minimum Gasteiger partial charge on any atom is -0.496 e. The second-order valence-electron chi connectivity index (χ2n) is 8.35. The molecule has 1 saturated heterocycles. The van der Waals surface area contributed by atoms with Crippen LogP contribution in [0, 0.1) is 19.8 Å². The van der Waals surface area contributed by atoms with Gasteiger partial charge in [0.25, 0.3) is 0 Å². The average Bonchev–Trinajstić information content (AvgIpc) is 3.29. The molecule has 0 saturated carbocycles. The maximum absolute atomic E-state index is 13.5. The molecule has 2 aromatic carbocycles. The van der Waals surface area contributed by atoms with Gasteiger partial charge in [0.1, 0.15) is 5.75 Å². The third kappa shape index (κ3) is 4.97. The van der Waals surface area contributed by atoms with Crippen LogP contribution >= 0.6 is 0 Å². The van der Waals surface area contributed by atoms with E-state index >= 15 is 0 Å². The smallest absolute Gasteiger partial charge is 0.243 e. The highest BCUT2D eigenvalue weighted by Gasteiger charge is 2.34. The van der Waals surface area contributed by atoms with Crippen LogP contribution in [0.2, 0.25) is 0 Å². The summed E-state index contributed by atoms with van der Waals surface area (Å²) in [6.07, 6.45) is 1.24. The molecule has 1 fully saturated rings. The van der Waals surface area contributed by atoms with Crippen molar-refractivity contribution in [1.82, 2.24) is 19.8 Å². The molecule has 0 spiro atoms. The molecule has 1 aliphatic heterocycles. The number of rotatable bonds is 7. The predicted octanol–water partition coefficient (Wildman–Crippen LogP) is 3.08. The monoisotopic (exact) mass is 484 g/mol. The van der Waals surface area contributed by atoms with Crippen molar-refractivity contribution in [3.8, 4) is 17.1 Å². The van der Waals surface area contributed by atoms with Crippen LogP contribution in [0.1, 0.15) is 29.9 Å². The van der Waals surface area contributed by atoms with Crippen LogP contribution in [0.15, 0.2) is 51.9 Å². The van der Waals surface area contributed by atoms with Gasteiger partial charge in [-0.05, 0) is 37.5 Å². The number of carbonyl (C=O) groups excluding carboxylic acids is 1.